The van der Waals surface area contributed by atoms with Crippen LogP contribution >= 0.6 is 22.7 Å². The molecule has 0 spiro atoms. The smallest absolute Gasteiger partial charge is 0.0947 e. The molecule has 0 saturated heterocycles. The van der Waals surface area contributed by atoms with Gasteiger partial charge in [-0.3, -0.25) is 0 Å². The van der Waals surface area contributed by atoms with Gasteiger partial charge in [0.05, 0.1) is 12.5 Å². The van der Waals surface area contributed by atoms with E-state index in [1.165, 1.54) is 20.9 Å². The quantitative estimate of drug-likeness (QED) is 0.748. The van der Waals surface area contributed by atoms with E-state index < -0.39 is 0 Å². The molecular formula is C14H13NOS2. The molecule has 2 nitrogen and oxygen atoms in total. The van der Waals surface area contributed by atoms with Gasteiger partial charge >= 0.3 is 0 Å². The fraction of sp³-hybridized carbons (Fsp3) is 0.143. The zero-order valence-corrected chi connectivity index (χ0v) is 11.4. The SMILES string of the molecule is c1csc(-c2csc(CNCc3ccoc3)c2)c1. The van der Waals surface area contributed by atoms with E-state index in [4.69, 9.17) is 4.42 Å². The second-order valence-corrected chi connectivity index (χ2v) is 5.96. The lowest BCUT2D eigenvalue weighted by atomic mass is 10.2. The zero-order valence-electron chi connectivity index (χ0n) is 9.76. The molecule has 0 atom stereocenters. The molecule has 0 saturated carbocycles. The number of rotatable bonds is 5. The summed E-state index contributed by atoms with van der Waals surface area (Å²) >= 11 is 3.59. The minimum Gasteiger partial charge on any atom is -0.472 e. The predicted octanol–water partition coefficient (Wildman–Crippen LogP) is 4.36. The summed E-state index contributed by atoms with van der Waals surface area (Å²) in [6, 6.07) is 8.50. The molecule has 0 unspecified atom stereocenters. The van der Waals surface area contributed by atoms with Crippen LogP contribution in [0.1, 0.15) is 10.4 Å². The van der Waals surface area contributed by atoms with Crippen LogP contribution in [0.15, 0.2) is 52.0 Å². The maximum Gasteiger partial charge on any atom is 0.0947 e. The summed E-state index contributed by atoms with van der Waals surface area (Å²) in [5, 5.41) is 7.75. The topological polar surface area (TPSA) is 25.2 Å². The monoisotopic (exact) mass is 275 g/mol. The van der Waals surface area contributed by atoms with Crippen molar-refractivity contribution in [2.75, 3.05) is 0 Å². The Morgan fingerprint density at radius 1 is 1.17 bits per heavy atom. The van der Waals surface area contributed by atoms with E-state index >= 15 is 0 Å². The Morgan fingerprint density at radius 2 is 2.17 bits per heavy atom. The summed E-state index contributed by atoms with van der Waals surface area (Å²) in [5.74, 6) is 0. The predicted molar refractivity (Wildman–Crippen MR) is 76.9 cm³/mol. The van der Waals surface area contributed by atoms with Crippen molar-refractivity contribution in [2.45, 2.75) is 13.1 Å². The highest BCUT2D eigenvalue weighted by Gasteiger charge is 2.03. The Hall–Kier alpha value is -1.36. The minimum absolute atomic E-state index is 0.850. The fourth-order valence-electron chi connectivity index (χ4n) is 1.77. The van der Waals surface area contributed by atoms with Crippen LogP contribution in [0.4, 0.5) is 0 Å². The number of nitrogens with one attached hydrogen (secondary N) is 1. The van der Waals surface area contributed by atoms with Gasteiger partial charge in [0.2, 0.25) is 0 Å². The largest absolute Gasteiger partial charge is 0.472 e. The highest BCUT2D eigenvalue weighted by molar-refractivity contribution is 7.14. The summed E-state index contributed by atoms with van der Waals surface area (Å²) in [7, 11) is 0. The van der Waals surface area contributed by atoms with Crippen molar-refractivity contribution in [3.05, 3.63) is 58.0 Å². The molecule has 18 heavy (non-hydrogen) atoms. The van der Waals surface area contributed by atoms with Gasteiger partial charge in [0, 0.05) is 34.0 Å². The van der Waals surface area contributed by atoms with E-state index in [2.05, 4.69) is 34.3 Å². The molecule has 0 aromatic carbocycles. The second kappa shape index (κ2) is 5.52. The van der Waals surface area contributed by atoms with Crippen LogP contribution in [0.5, 0.6) is 0 Å². The lowest BCUT2D eigenvalue weighted by molar-refractivity contribution is 0.560. The Morgan fingerprint density at radius 3 is 2.94 bits per heavy atom. The minimum atomic E-state index is 0.850. The summed E-state index contributed by atoms with van der Waals surface area (Å²) in [6.07, 6.45) is 3.48. The van der Waals surface area contributed by atoms with Crippen molar-refractivity contribution >= 4 is 22.7 Å². The van der Waals surface area contributed by atoms with Crippen molar-refractivity contribution < 1.29 is 4.42 Å². The molecule has 0 bridgehead atoms. The summed E-state index contributed by atoms with van der Waals surface area (Å²) in [6.45, 7) is 1.75. The summed E-state index contributed by atoms with van der Waals surface area (Å²) in [4.78, 5) is 2.70. The van der Waals surface area contributed by atoms with Gasteiger partial charge < -0.3 is 9.73 Å². The number of hydrogen-bond acceptors (Lipinski definition) is 4. The normalized spacial score (nSPS) is 10.9. The third-order valence-corrected chi connectivity index (χ3v) is 4.52. The molecule has 0 aliphatic carbocycles. The van der Waals surface area contributed by atoms with E-state index in [-0.39, 0.29) is 0 Å². The lowest BCUT2D eigenvalue weighted by Crippen LogP contribution is -2.10. The van der Waals surface area contributed by atoms with Gasteiger partial charge in [0.15, 0.2) is 0 Å². The Kier molecular flexibility index (Phi) is 3.59. The number of thiophene rings is 2. The first kappa shape index (κ1) is 11.7. The first-order valence-corrected chi connectivity index (χ1v) is 7.51. The van der Waals surface area contributed by atoms with Gasteiger partial charge in [0.1, 0.15) is 0 Å². The lowest BCUT2D eigenvalue weighted by Gasteiger charge is -1.99. The van der Waals surface area contributed by atoms with E-state index in [0.717, 1.165) is 13.1 Å². The van der Waals surface area contributed by atoms with Gasteiger partial charge in [-0.05, 0) is 29.0 Å². The summed E-state index contributed by atoms with van der Waals surface area (Å²) in [5.41, 5.74) is 2.51. The maximum absolute atomic E-state index is 5.03. The Balaban J connectivity index is 1.57. The van der Waals surface area contributed by atoms with Gasteiger partial charge in [0.25, 0.3) is 0 Å². The third-order valence-electron chi connectivity index (χ3n) is 2.67. The average molecular weight is 275 g/mol. The van der Waals surface area contributed by atoms with Crippen molar-refractivity contribution in [1.29, 1.82) is 0 Å². The first-order chi connectivity index (χ1) is 8.92. The summed E-state index contributed by atoms with van der Waals surface area (Å²) < 4.78 is 5.03. The van der Waals surface area contributed by atoms with Crippen molar-refractivity contribution in [3.8, 4) is 10.4 Å². The number of hydrogen-bond donors (Lipinski definition) is 1. The highest BCUT2D eigenvalue weighted by atomic mass is 32.1. The van der Waals surface area contributed by atoms with Gasteiger partial charge in [-0.25, -0.2) is 0 Å². The first-order valence-electron chi connectivity index (χ1n) is 5.75. The van der Waals surface area contributed by atoms with Crippen LogP contribution in [0.25, 0.3) is 10.4 Å². The molecule has 4 heteroatoms. The molecule has 3 rings (SSSR count). The zero-order chi connectivity index (χ0) is 12.2. The van der Waals surface area contributed by atoms with E-state index in [0.29, 0.717) is 0 Å². The van der Waals surface area contributed by atoms with Gasteiger partial charge in [-0.15, -0.1) is 22.7 Å². The van der Waals surface area contributed by atoms with Gasteiger partial charge in [-0.1, -0.05) is 6.07 Å². The molecule has 3 heterocycles. The molecular weight excluding hydrogens is 262 g/mol. The highest BCUT2D eigenvalue weighted by Crippen LogP contribution is 2.29. The average Bonchev–Trinajstić information content (AvgIpc) is 3.12. The molecule has 92 valence electrons. The van der Waals surface area contributed by atoms with Crippen LogP contribution in [0.3, 0.4) is 0 Å². The Labute approximate surface area is 114 Å². The Bertz CT molecular complexity index is 581. The molecule has 0 aliphatic heterocycles. The molecule has 0 aliphatic rings. The molecule has 3 aromatic rings. The fourth-order valence-corrected chi connectivity index (χ4v) is 3.41. The molecule has 3 aromatic heterocycles. The molecule has 0 radical (unpaired) electrons. The van der Waals surface area contributed by atoms with Crippen molar-refractivity contribution in [1.82, 2.24) is 5.32 Å². The molecule has 0 fully saturated rings. The third kappa shape index (κ3) is 2.72. The van der Waals surface area contributed by atoms with E-state index in [1.807, 2.05) is 6.07 Å². The van der Waals surface area contributed by atoms with Crippen molar-refractivity contribution in [2.24, 2.45) is 0 Å². The van der Waals surface area contributed by atoms with Gasteiger partial charge in [-0.2, -0.15) is 0 Å². The second-order valence-electron chi connectivity index (χ2n) is 4.01. The maximum atomic E-state index is 5.03. The van der Waals surface area contributed by atoms with E-state index in [9.17, 15) is 0 Å². The van der Waals surface area contributed by atoms with Crippen LogP contribution in [-0.2, 0) is 13.1 Å². The number of furan rings is 1. The molecule has 0 amide bonds. The van der Waals surface area contributed by atoms with Crippen LogP contribution in [-0.4, -0.2) is 0 Å². The van der Waals surface area contributed by atoms with Crippen LogP contribution in [0, 0.1) is 0 Å². The molecule has 1 N–H and O–H groups in total. The van der Waals surface area contributed by atoms with Crippen LogP contribution < -0.4 is 5.32 Å². The standard InChI is InChI=1S/C14H13NOS2/c1-2-14(17-5-1)12-6-13(18-10-12)8-15-7-11-3-4-16-9-11/h1-6,9-10,15H,7-8H2. The van der Waals surface area contributed by atoms with Crippen LogP contribution in [0.2, 0.25) is 0 Å². The van der Waals surface area contributed by atoms with E-state index in [1.54, 1.807) is 35.2 Å². The van der Waals surface area contributed by atoms with Crippen molar-refractivity contribution in [3.63, 3.8) is 0 Å².